The maximum Gasteiger partial charge on any atom is 0.130 e. The highest BCUT2D eigenvalue weighted by Gasteiger charge is 2.15. The highest BCUT2D eigenvalue weighted by Crippen LogP contribution is 2.27. The van der Waals surface area contributed by atoms with Crippen LogP contribution in [-0.4, -0.2) is 5.11 Å². The molecule has 2 rings (SSSR count). The Morgan fingerprint density at radius 1 is 1.16 bits per heavy atom. The van der Waals surface area contributed by atoms with Gasteiger partial charge in [0.25, 0.3) is 0 Å². The summed E-state index contributed by atoms with van der Waals surface area (Å²) < 4.78 is 27.5. The van der Waals surface area contributed by atoms with Crippen LogP contribution in [0.5, 0.6) is 0 Å². The number of hydrogen-bond donors (Lipinski definition) is 1. The van der Waals surface area contributed by atoms with Gasteiger partial charge in [0.2, 0.25) is 0 Å². The summed E-state index contributed by atoms with van der Waals surface area (Å²) in [5.41, 5.74) is 0.711. The third-order valence-corrected chi connectivity index (χ3v) is 3.75. The standard InChI is InChI=1S/C14H10BrClF2O/c15-12-4-2-10(17)5-8(12)6-14(19)11-3-1-9(16)7-13(11)18/h1-5,7,14,19H,6H2. The molecule has 0 aromatic heterocycles. The molecule has 1 atom stereocenters. The third-order valence-electron chi connectivity index (χ3n) is 2.74. The Hall–Kier alpha value is -0.970. The van der Waals surface area contributed by atoms with E-state index >= 15 is 0 Å². The van der Waals surface area contributed by atoms with Gasteiger partial charge in [0.05, 0.1) is 6.10 Å². The molecule has 0 saturated heterocycles. The van der Waals surface area contributed by atoms with Crippen LogP contribution in [0.2, 0.25) is 5.02 Å². The van der Waals surface area contributed by atoms with Crippen LogP contribution >= 0.6 is 27.5 Å². The number of aliphatic hydroxyl groups is 1. The van der Waals surface area contributed by atoms with Crippen molar-refractivity contribution in [1.82, 2.24) is 0 Å². The first-order valence-corrected chi connectivity index (χ1v) is 6.71. The largest absolute Gasteiger partial charge is 0.388 e. The molecule has 1 nitrogen and oxygen atoms in total. The van der Waals surface area contributed by atoms with Crippen LogP contribution in [0.4, 0.5) is 8.78 Å². The third kappa shape index (κ3) is 3.53. The lowest BCUT2D eigenvalue weighted by atomic mass is 10.0. The second-order valence-electron chi connectivity index (χ2n) is 4.12. The number of benzene rings is 2. The fourth-order valence-electron chi connectivity index (χ4n) is 1.79. The molecule has 1 N–H and O–H groups in total. The van der Waals surface area contributed by atoms with Crippen molar-refractivity contribution in [1.29, 1.82) is 0 Å². The van der Waals surface area contributed by atoms with Crippen molar-refractivity contribution < 1.29 is 13.9 Å². The zero-order valence-electron chi connectivity index (χ0n) is 9.71. The molecule has 0 aliphatic rings. The lowest BCUT2D eigenvalue weighted by molar-refractivity contribution is 0.173. The van der Waals surface area contributed by atoms with E-state index in [1.807, 2.05) is 0 Å². The van der Waals surface area contributed by atoms with Crippen LogP contribution in [0.15, 0.2) is 40.9 Å². The predicted octanol–water partition coefficient (Wildman–Crippen LogP) is 4.66. The van der Waals surface area contributed by atoms with Crippen LogP contribution in [0.1, 0.15) is 17.2 Å². The molecule has 2 aromatic carbocycles. The van der Waals surface area contributed by atoms with Crippen LogP contribution in [0, 0.1) is 11.6 Å². The molecule has 100 valence electrons. The van der Waals surface area contributed by atoms with Gasteiger partial charge in [0, 0.05) is 21.5 Å². The van der Waals surface area contributed by atoms with Crippen LogP contribution in [-0.2, 0) is 6.42 Å². The first kappa shape index (κ1) is 14.4. The Labute approximate surface area is 123 Å². The van der Waals surface area contributed by atoms with Gasteiger partial charge < -0.3 is 5.11 Å². The van der Waals surface area contributed by atoms with E-state index < -0.39 is 17.7 Å². The molecule has 0 aliphatic carbocycles. The lowest BCUT2D eigenvalue weighted by Gasteiger charge is -2.13. The first-order valence-electron chi connectivity index (χ1n) is 5.54. The Morgan fingerprint density at radius 3 is 2.58 bits per heavy atom. The van der Waals surface area contributed by atoms with Gasteiger partial charge in [-0.15, -0.1) is 0 Å². The minimum atomic E-state index is -1.06. The van der Waals surface area contributed by atoms with E-state index in [9.17, 15) is 13.9 Å². The topological polar surface area (TPSA) is 20.2 Å². The maximum absolute atomic E-state index is 13.7. The quantitative estimate of drug-likeness (QED) is 0.856. The summed E-state index contributed by atoms with van der Waals surface area (Å²) in [4.78, 5) is 0. The van der Waals surface area contributed by atoms with Crippen LogP contribution in [0.3, 0.4) is 0 Å². The van der Waals surface area contributed by atoms with Gasteiger partial charge in [-0.25, -0.2) is 8.78 Å². The van der Waals surface area contributed by atoms with Crippen molar-refractivity contribution in [3.63, 3.8) is 0 Å². The normalized spacial score (nSPS) is 12.5. The van der Waals surface area contributed by atoms with Crippen LogP contribution < -0.4 is 0 Å². The molecule has 0 spiro atoms. The summed E-state index contributed by atoms with van der Waals surface area (Å²) >= 11 is 8.92. The highest BCUT2D eigenvalue weighted by molar-refractivity contribution is 9.10. The second kappa shape index (κ2) is 5.99. The summed E-state index contributed by atoms with van der Waals surface area (Å²) in [5.74, 6) is -0.977. The van der Waals surface area contributed by atoms with E-state index in [-0.39, 0.29) is 17.0 Å². The molecule has 5 heteroatoms. The number of aliphatic hydroxyl groups excluding tert-OH is 1. The van der Waals surface area contributed by atoms with E-state index in [0.717, 1.165) is 6.07 Å². The van der Waals surface area contributed by atoms with Gasteiger partial charge in [-0.2, -0.15) is 0 Å². The molecule has 0 fully saturated rings. The zero-order valence-corrected chi connectivity index (χ0v) is 12.0. The van der Waals surface area contributed by atoms with Crippen LogP contribution in [0.25, 0.3) is 0 Å². The van der Waals surface area contributed by atoms with Gasteiger partial charge in [-0.05, 0) is 35.9 Å². The van der Waals surface area contributed by atoms with Crippen molar-refractivity contribution in [2.75, 3.05) is 0 Å². The molecule has 0 saturated carbocycles. The zero-order chi connectivity index (χ0) is 14.0. The van der Waals surface area contributed by atoms with Gasteiger partial charge in [0.15, 0.2) is 0 Å². The highest BCUT2D eigenvalue weighted by atomic mass is 79.9. The Morgan fingerprint density at radius 2 is 1.89 bits per heavy atom. The summed E-state index contributed by atoms with van der Waals surface area (Å²) in [6.45, 7) is 0. The minimum absolute atomic E-state index is 0.108. The van der Waals surface area contributed by atoms with E-state index in [2.05, 4.69) is 15.9 Å². The molecule has 0 aliphatic heterocycles. The van der Waals surface area contributed by atoms with E-state index in [1.165, 1.54) is 24.3 Å². The number of rotatable bonds is 3. The molecule has 19 heavy (non-hydrogen) atoms. The minimum Gasteiger partial charge on any atom is -0.388 e. The summed E-state index contributed by atoms with van der Waals surface area (Å²) in [5, 5.41) is 10.3. The molecule has 0 heterocycles. The summed E-state index contributed by atoms with van der Waals surface area (Å²) in [6.07, 6.45) is -0.952. The van der Waals surface area contributed by atoms with Gasteiger partial charge in [-0.3, -0.25) is 0 Å². The summed E-state index contributed by atoms with van der Waals surface area (Å²) in [7, 11) is 0. The molecule has 2 aromatic rings. The van der Waals surface area contributed by atoms with Gasteiger partial charge >= 0.3 is 0 Å². The Kier molecular flexibility index (Phi) is 4.55. The Balaban J connectivity index is 2.25. The predicted molar refractivity (Wildman–Crippen MR) is 74.2 cm³/mol. The summed E-state index contributed by atoms with van der Waals surface area (Å²) in [6, 6.07) is 8.24. The fourth-order valence-corrected chi connectivity index (χ4v) is 2.36. The molecule has 1 unspecified atom stereocenters. The Bertz CT molecular complexity index is 604. The molecular weight excluding hydrogens is 338 g/mol. The van der Waals surface area contributed by atoms with Crippen molar-refractivity contribution in [2.24, 2.45) is 0 Å². The second-order valence-corrected chi connectivity index (χ2v) is 5.41. The average molecular weight is 348 g/mol. The van der Waals surface area contributed by atoms with E-state index in [4.69, 9.17) is 11.6 Å². The average Bonchev–Trinajstić information content (AvgIpc) is 2.33. The molecule has 0 amide bonds. The molecule has 0 bridgehead atoms. The SMILES string of the molecule is OC(Cc1cc(F)ccc1Br)c1ccc(Cl)cc1F. The molecular formula is C14H10BrClF2O. The first-order chi connectivity index (χ1) is 8.97. The molecule has 0 radical (unpaired) electrons. The fraction of sp³-hybridized carbons (Fsp3) is 0.143. The monoisotopic (exact) mass is 346 g/mol. The van der Waals surface area contributed by atoms with Crippen molar-refractivity contribution >= 4 is 27.5 Å². The number of hydrogen-bond acceptors (Lipinski definition) is 1. The van der Waals surface area contributed by atoms with Crippen molar-refractivity contribution in [2.45, 2.75) is 12.5 Å². The smallest absolute Gasteiger partial charge is 0.130 e. The number of halogens is 4. The van der Waals surface area contributed by atoms with Gasteiger partial charge in [-0.1, -0.05) is 33.6 Å². The maximum atomic E-state index is 13.7. The van der Waals surface area contributed by atoms with E-state index in [0.29, 0.717) is 10.0 Å². The lowest BCUT2D eigenvalue weighted by Crippen LogP contribution is -2.05. The van der Waals surface area contributed by atoms with Crippen molar-refractivity contribution in [3.05, 3.63) is 68.7 Å². The van der Waals surface area contributed by atoms with E-state index in [1.54, 1.807) is 6.07 Å². The van der Waals surface area contributed by atoms with Crippen molar-refractivity contribution in [3.8, 4) is 0 Å². The van der Waals surface area contributed by atoms with Gasteiger partial charge in [0.1, 0.15) is 11.6 Å².